The highest BCUT2D eigenvalue weighted by atomic mass is 14.3. The summed E-state index contributed by atoms with van der Waals surface area (Å²) in [5, 5.41) is 18.1. The Kier molecular flexibility index (Phi) is 6.37. The van der Waals surface area contributed by atoms with Crippen molar-refractivity contribution in [2.75, 3.05) is 0 Å². The Balaban J connectivity index is 1.98. The quantitative estimate of drug-likeness (QED) is 0.261. The summed E-state index contributed by atoms with van der Waals surface area (Å²) in [5.74, 6) is 0. The summed E-state index contributed by atoms with van der Waals surface area (Å²) >= 11 is 0. The molecule has 0 aliphatic carbocycles. The number of nitrogens with zero attached hydrogens (tertiary/aromatic N) is 2. The van der Waals surface area contributed by atoms with E-state index in [2.05, 4.69) is 60.7 Å². The third kappa shape index (κ3) is 4.57. The molecule has 0 bridgehead atoms. The molecule has 32 heavy (non-hydrogen) atoms. The van der Waals surface area contributed by atoms with Crippen molar-refractivity contribution < 1.29 is 0 Å². The molecule has 2 heteroatoms. The Bertz CT molecular complexity index is 1280. The van der Waals surface area contributed by atoms with Crippen LogP contribution in [-0.2, 0) is 0 Å². The van der Waals surface area contributed by atoms with Crippen LogP contribution in [0.5, 0.6) is 0 Å². The lowest BCUT2D eigenvalue weighted by atomic mass is 9.85. The van der Waals surface area contributed by atoms with E-state index in [4.69, 9.17) is 10.5 Å². The van der Waals surface area contributed by atoms with Gasteiger partial charge in [-0.1, -0.05) is 115 Å². The van der Waals surface area contributed by atoms with Crippen LogP contribution >= 0.6 is 0 Å². The van der Waals surface area contributed by atoms with Gasteiger partial charge in [0.1, 0.15) is 17.7 Å². The van der Waals surface area contributed by atoms with E-state index in [-0.39, 0.29) is 5.57 Å². The van der Waals surface area contributed by atoms with Crippen LogP contribution in [0.25, 0.3) is 17.2 Å². The van der Waals surface area contributed by atoms with Crippen LogP contribution in [0.1, 0.15) is 27.8 Å². The van der Waals surface area contributed by atoms with Crippen molar-refractivity contribution in [2.24, 2.45) is 0 Å². The maximum atomic E-state index is 9.06. The molecule has 4 aromatic rings. The van der Waals surface area contributed by atoms with E-state index >= 15 is 0 Å². The normalized spacial score (nSPS) is 9.81. The van der Waals surface area contributed by atoms with Gasteiger partial charge in [-0.3, -0.25) is 0 Å². The summed E-state index contributed by atoms with van der Waals surface area (Å²) in [4.78, 5) is 0. The SMILES string of the molecule is N#CC(C#N)=Cc1ccc(C(=C(c2ccccc2)c2ccccc2)c2ccccc2)cc1. The van der Waals surface area contributed by atoms with Crippen LogP contribution in [0.2, 0.25) is 0 Å². The Morgan fingerprint density at radius 2 is 0.812 bits per heavy atom. The van der Waals surface area contributed by atoms with Gasteiger partial charge in [-0.25, -0.2) is 0 Å². The molecule has 0 aromatic heterocycles. The molecule has 0 aliphatic heterocycles. The minimum atomic E-state index is 0.0887. The summed E-state index contributed by atoms with van der Waals surface area (Å²) in [5.41, 5.74) is 7.64. The Morgan fingerprint density at radius 3 is 1.16 bits per heavy atom. The molecular weight excluding hydrogens is 388 g/mol. The predicted octanol–water partition coefficient (Wildman–Crippen LogP) is 7.12. The van der Waals surface area contributed by atoms with Gasteiger partial charge in [0.25, 0.3) is 0 Å². The van der Waals surface area contributed by atoms with E-state index in [0.29, 0.717) is 0 Å². The third-order valence-corrected chi connectivity index (χ3v) is 5.19. The Hall–Kier alpha value is -4.66. The van der Waals surface area contributed by atoms with Crippen molar-refractivity contribution in [3.63, 3.8) is 0 Å². The van der Waals surface area contributed by atoms with Crippen LogP contribution in [0.15, 0.2) is 121 Å². The fourth-order valence-corrected chi connectivity index (χ4v) is 3.73. The number of hydrogen-bond donors (Lipinski definition) is 0. The molecule has 4 rings (SSSR count). The molecule has 0 N–H and O–H groups in total. The lowest BCUT2D eigenvalue weighted by Gasteiger charge is -2.18. The molecule has 150 valence electrons. The molecule has 0 saturated carbocycles. The number of nitriles is 2. The maximum Gasteiger partial charge on any atom is 0.130 e. The van der Waals surface area contributed by atoms with E-state index in [0.717, 1.165) is 39.0 Å². The van der Waals surface area contributed by atoms with Crippen molar-refractivity contribution in [1.82, 2.24) is 0 Å². The molecule has 0 fully saturated rings. The first kappa shape index (κ1) is 20.6. The second-order valence-corrected chi connectivity index (χ2v) is 7.25. The lowest BCUT2D eigenvalue weighted by molar-refractivity contribution is 1.47. The summed E-state index contributed by atoms with van der Waals surface area (Å²) < 4.78 is 0. The van der Waals surface area contributed by atoms with Crippen molar-refractivity contribution >= 4 is 17.2 Å². The highest BCUT2D eigenvalue weighted by Crippen LogP contribution is 2.36. The fourth-order valence-electron chi connectivity index (χ4n) is 3.73. The average Bonchev–Trinajstić information content (AvgIpc) is 2.88. The smallest absolute Gasteiger partial charge is 0.130 e. The van der Waals surface area contributed by atoms with Gasteiger partial charge in [-0.15, -0.1) is 0 Å². The molecule has 0 amide bonds. The first-order valence-electron chi connectivity index (χ1n) is 10.3. The predicted molar refractivity (Wildman–Crippen MR) is 130 cm³/mol. The number of hydrogen-bond acceptors (Lipinski definition) is 2. The molecular formula is C30H20N2. The van der Waals surface area contributed by atoms with Gasteiger partial charge in [-0.05, 0) is 45.0 Å². The van der Waals surface area contributed by atoms with Crippen LogP contribution in [0, 0.1) is 22.7 Å². The van der Waals surface area contributed by atoms with Gasteiger partial charge in [0, 0.05) is 0 Å². The van der Waals surface area contributed by atoms with Crippen molar-refractivity contribution in [3.05, 3.63) is 149 Å². The lowest BCUT2D eigenvalue weighted by Crippen LogP contribution is -1.97. The molecule has 0 spiro atoms. The van der Waals surface area contributed by atoms with Gasteiger partial charge in [0.05, 0.1) is 0 Å². The van der Waals surface area contributed by atoms with E-state index in [9.17, 15) is 0 Å². The topological polar surface area (TPSA) is 47.6 Å². The van der Waals surface area contributed by atoms with Crippen molar-refractivity contribution in [3.8, 4) is 12.1 Å². The van der Waals surface area contributed by atoms with Crippen LogP contribution in [0.3, 0.4) is 0 Å². The van der Waals surface area contributed by atoms with Gasteiger partial charge in [0.2, 0.25) is 0 Å². The zero-order chi connectivity index (χ0) is 22.2. The highest BCUT2D eigenvalue weighted by Gasteiger charge is 2.15. The molecule has 4 aromatic carbocycles. The van der Waals surface area contributed by atoms with Crippen LogP contribution < -0.4 is 0 Å². The van der Waals surface area contributed by atoms with Crippen molar-refractivity contribution in [2.45, 2.75) is 0 Å². The Labute approximate surface area is 188 Å². The zero-order valence-corrected chi connectivity index (χ0v) is 17.4. The summed E-state index contributed by atoms with van der Waals surface area (Å²) in [6, 6.07) is 43.0. The zero-order valence-electron chi connectivity index (χ0n) is 17.4. The van der Waals surface area contributed by atoms with Gasteiger partial charge in [0.15, 0.2) is 0 Å². The molecule has 0 unspecified atom stereocenters. The number of benzene rings is 4. The Morgan fingerprint density at radius 1 is 0.469 bits per heavy atom. The van der Waals surface area contributed by atoms with Gasteiger partial charge < -0.3 is 0 Å². The van der Waals surface area contributed by atoms with Crippen LogP contribution in [0.4, 0.5) is 0 Å². The van der Waals surface area contributed by atoms with Gasteiger partial charge in [-0.2, -0.15) is 10.5 Å². The fraction of sp³-hybridized carbons (Fsp3) is 0. The second kappa shape index (κ2) is 9.90. The minimum absolute atomic E-state index is 0.0887. The summed E-state index contributed by atoms with van der Waals surface area (Å²) in [7, 11) is 0. The number of rotatable bonds is 5. The average molecular weight is 409 g/mol. The van der Waals surface area contributed by atoms with E-state index in [1.165, 1.54) is 0 Å². The summed E-state index contributed by atoms with van der Waals surface area (Å²) in [6.07, 6.45) is 1.60. The maximum absolute atomic E-state index is 9.06. The molecule has 0 aliphatic rings. The standard InChI is InChI=1S/C30H20N2/c31-21-24(22-32)20-23-16-18-28(19-17-23)30(27-14-8-3-9-15-27)29(25-10-4-1-5-11-25)26-12-6-2-7-13-26/h1-20H. The van der Waals surface area contributed by atoms with E-state index in [1.54, 1.807) is 6.08 Å². The second-order valence-electron chi connectivity index (χ2n) is 7.25. The first-order chi connectivity index (χ1) is 15.8. The minimum Gasteiger partial charge on any atom is -0.192 e. The van der Waals surface area contributed by atoms with E-state index in [1.807, 2.05) is 66.7 Å². The van der Waals surface area contributed by atoms with Gasteiger partial charge >= 0.3 is 0 Å². The molecule has 0 atom stereocenters. The molecule has 0 heterocycles. The molecule has 2 nitrogen and oxygen atoms in total. The summed E-state index contributed by atoms with van der Waals surface area (Å²) in [6.45, 7) is 0. The highest BCUT2D eigenvalue weighted by molar-refractivity contribution is 6.04. The molecule has 0 saturated heterocycles. The number of allylic oxidation sites excluding steroid dienone is 1. The van der Waals surface area contributed by atoms with Crippen molar-refractivity contribution in [1.29, 1.82) is 10.5 Å². The monoisotopic (exact) mass is 408 g/mol. The van der Waals surface area contributed by atoms with E-state index < -0.39 is 0 Å². The van der Waals surface area contributed by atoms with Crippen LogP contribution in [-0.4, -0.2) is 0 Å². The largest absolute Gasteiger partial charge is 0.192 e. The third-order valence-electron chi connectivity index (χ3n) is 5.19. The first-order valence-corrected chi connectivity index (χ1v) is 10.3. The molecule has 0 radical (unpaired) electrons.